The highest BCUT2D eigenvalue weighted by molar-refractivity contribution is 7.91. The first-order valence-corrected chi connectivity index (χ1v) is 8.82. The Labute approximate surface area is 120 Å². The molecule has 1 aromatic rings. The first kappa shape index (κ1) is 15.3. The summed E-state index contributed by atoms with van der Waals surface area (Å²) in [6.45, 7) is 4.02. The molecule has 2 atom stereocenters. The molecule has 1 aliphatic heterocycles. The minimum absolute atomic E-state index is 0.0224. The molecule has 0 fully saturated rings. The number of nitrogen functional groups attached to an aromatic ring is 1. The predicted octanol–water partition coefficient (Wildman–Crippen LogP) is 2.68. The van der Waals surface area contributed by atoms with Crippen molar-refractivity contribution in [2.24, 2.45) is 5.41 Å². The molecule has 4 nitrogen and oxygen atoms in total. The summed E-state index contributed by atoms with van der Waals surface area (Å²) in [5, 5.41) is 10.7. The summed E-state index contributed by atoms with van der Waals surface area (Å²) in [6, 6.07) is 4.70. The van der Waals surface area contributed by atoms with Gasteiger partial charge in [-0.2, -0.15) is 0 Å². The summed E-state index contributed by atoms with van der Waals surface area (Å²) in [7, 11) is -3.36. The average molecular weight is 297 g/mol. The fourth-order valence-electron chi connectivity index (χ4n) is 3.14. The normalized spacial score (nSPS) is 28.1. The van der Waals surface area contributed by atoms with Crippen molar-refractivity contribution in [3.8, 4) is 0 Å². The lowest BCUT2D eigenvalue weighted by Gasteiger charge is -2.41. The van der Waals surface area contributed by atoms with E-state index in [4.69, 9.17) is 5.73 Å². The molecule has 0 amide bonds. The third-order valence-electron chi connectivity index (χ3n) is 4.45. The number of benzene rings is 1. The lowest BCUT2D eigenvalue weighted by Crippen LogP contribution is -2.40. The minimum atomic E-state index is -3.36. The summed E-state index contributed by atoms with van der Waals surface area (Å²) in [4.78, 5) is 0.236. The Balaban J connectivity index is 2.57. The molecule has 0 aromatic heterocycles. The third kappa shape index (κ3) is 2.44. The van der Waals surface area contributed by atoms with Crippen molar-refractivity contribution in [1.82, 2.24) is 0 Å². The zero-order chi connectivity index (χ0) is 15.0. The first-order chi connectivity index (χ1) is 9.36. The fourth-order valence-corrected chi connectivity index (χ4v) is 5.36. The van der Waals surface area contributed by atoms with Crippen molar-refractivity contribution in [1.29, 1.82) is 0 Å². The van der Waals surface area contributed by atoms with Crippen LogP contribution in [-0.4, -0.2) is 19.3 Å². The number of hydrogen-bond donors (Lipinski definition) is 2. The first-order valence-electron chi connectivity index (χ1n) is 7.16. The highest BCUT2D eigenvalue weighted by atomic mass is 32.2. The molecule has 1 heterocycles. The van der Waals surface area contributed by atoms with Gasteiger partial charge in [0, 0.05) is 16.7 Å². The lowest BCUT2D eigenvalue weighted by molar-refractivity contribution is 0.0215. The van der Waals surface area contributed by atoms with Crippen LogP contribution in [0.25, 0.3) is 0 Å². The van der Waals surface area contributed by atoms with E-state index < -0.39 is 21.4 Å². The summed E-state index contributed by atoms with van der Waals surface area (Å²) in [5.74, 6) is 0.0224. The second-order valence-electron chi connectivity index (χ2n) is 5.78. The van der Waals surface area contributed by atoms with E-state index in [0.717, 1.165) is 12.8 Å². The van der Waals surface area contributed by atoms with Gasteiger partial charge < -0.3 is 10.8 Å². The molecule has 0 aliphatic carbocycles. The maximum absolute atomic E-state index is 12.5. The van der Waals surface area contributed by atoms with Crippen LogP contribution in [0.15, 0.2) is 23.1 Å². The summed E-state index contributed by atoms with van der Waals surface area (Å²) < 4.78 is 25.0. The maximum atomic E-state index is 12.5. The van der Waals surface area contributed by atoms with Crippen molar-refractivity contribution in [3.05, 3.63) is 23.8 Å². The van der Waals surface area contributed by atoms with E-state index >= 15 is 0 Å². The van der Waals surface area contributed by atoms with Crippen LogP contribution < -0.4 is 5.73 Å². The van der Waals surface area contributed by atoms with Crippen LogP contribution in [0, 0.1) is 5.41 Å². The summed E-state index contributed by atoms with van der Waals surface area (Å²) in [5.41, 5.74) is 6.12. The Hall–Kier alpha value is -1.07. The third-order valence-corrected chi connectivity index (χ3v) is 6.45. The molecule has 112 valence electrons. The van der Waals surface area contributed by atoms with Gasteiger partial charge in [-0.25, -0.2) is 8.42 Å². The van der Waals surface area contributed by atoms with Gasteiger partial charge in [-0.1, -0.05) is 26.7 Å². The zero-order valence-corrected chi connectivity index (χ0v) is 12.9. The summed E-state index contributed by atoms with van der Waals surface area (Å²) in [6.07, 6.45) is 2.49. The van der Waals surface area contributed by atoms with Gasteiger partial charge in [0.15, 0.2) is 9.84 Å². The molecule has 3 N–H and O–H groups in total. The Bertz CT molecular complexity index is 597. The molecule has 0 spiro atoms. The zero-order valence-electron chi connectivity index (χ0n) is 12.1. The topological polar surface area (TPSA) is 80.4 Å². The van der Waals surface area contributed by atoms with Crippen molar-refractivity contribution in [3.63, 3.8) is 0 Å². The van der Waals surface area contributed by atoms with Gasteiger partial charge in [-0.3, -0.25) is 0 Å². The standard InChI is InChI=1S/C15H23NO3S/c1-3-5-8-15(4-2)10-20(18,19)13-7-6-11(16)9-12(13)14(15)17/h6-7,9,14,17H,3-5,8,10,16H2,1-2H3/t14-,15-/m0/s1. The van der Waals surface area contributed by atoms with Crippen molar-refractivity contribution >= 4 is 15.5 Å². The van der Waals surface area contributed by atoms with Crippen molar-refractivity contribution in [2.75, 3.05) is 11.5 Å². The number of sulfone groups is 1. The van der Waals surface area contributed by atoms with Crippen LogP contribution in [-0.2, 0) is 9.84 Å². The second kappa shape index (κ2) is 5.37. The lowest BCUT2D eigenvalue weighted by atomic mass is 9.74. The molecule has 1 aromatic carbocycles. The van der Waals surface area contributed by atoms with Crippen LogP contribution in [0.1, 0.15) is 51.2 Å². The Kier molecular flexibility index (Phi) is 4.12. The van der Waals surface area contributed by atoms with Crippen LogP contribution in [0.5, 0.6) is 0 Å². The number of fused-ring (bicyclic) bond motifs is 1. The van der Waals surface area contributed by atoms with E-state index in [1.165, 1.54) is 6.07 Å². The molecule has 2 rings (SSSR count). The van der Waals surface area contributed by atoms with Crippen LogP contribution in [0.4, 0.5) is 5.69 Å². The Morgan fingerprint density at radius 3 is 2.70 bits per heavy atom. The fraction of sp³-hybridized carbons (Fsp3) is 0.600. The number of aliphatic hydroxyl groups is 1. The predicted molar refractivity (Wildman–Crippen MR) is 80.1 cm³/mol. The quantitative estimate of drug-likeness (QED) is 0.837. The van der Waals surface area contributed by atoms with E-state index in [1.54, 1.807) is 12.1 Å². The molecule has 0 unspecified atom stereocenters. The number of rotatable bonds is 4. The number of nitrogens with two attached hydrogens (primary N) is 1. The van der Waals surface area contributed by atoms with Crippen LogP contribution in [0.2, 0.25) is 0 Å². The molecule has 1 aliphatic rings. The molecule has 0 bridgehead atoms. The van der Waals surface area contributed by atoms with Gasteiger partial charge in [-0.15, -0.1) is 0 Å². The van der Waals surface area contributed by atoms with Crippen molar-refractivity contribution < 1.29 is 13.5 Å². The smallest absolute Gasteiger partial charge is 0.179 e. The highest BCUT2D eigenvalue weighted by Crippen LogP contribution is 2.49. The van der Waals surface area contributed by atoms with E-state index in [9.17, 15) is 13.5 Å². The average Bonchev–Trinajstić information content (AvgIpc) is 2.41. The molecule has 0 radical (unpaired) electrons. The molecule has 0 saturated heterocycles. The molecular weight excluding hydrogens is 274 g/mol. The molecule has 0 saturated carbocycles. The van der Waals surface area contributed by atoms with E-state index in [1.807, 2.05) is 6.92 Å². The monoisotopic (exact) mass is 297 g/mol. The Morgan fingerprint density at radius 2 is 2.10 bits per heavy atom. The van der Waals surface area contributed by atoms with Gasteiger partial charge in [-0.05, 0) is 31.0 Å². The number of aliphatic hydroxyl groups excluding tert-OH is 1. The van der Waals surface area contributed by atoms with Crippen molar-refractivity contribution in [2.45, 2.75) is 50.5 Å². The number of anilines is 1. The minimum Gasteiger partial charge on any atom is -0.399 e. The largest absolute Gasteiger partial charge is 0.399 e. The molecule has 20 heavy (non-hydrogen) atoms. The van der Waals surface area contributed by atoms with Gasteiger partial charge in [0.25, 0.3) is 0 Å². The van der Waals surface area contributed by atoms with Crippen LogP contribution >= 0.6 is 0 Å². The van der Waals surface area contributed by atoms with E-state index in [0.29, 0.717) is 24.1 Å². The SMILES string of the molecule is CCCC[C@@]1(CC)CS(=O)(=O)c2ccc(N)cc2[C@@H]1O. The highest BCUT2D eigenvalue weighted by Gasteiger charge is 2.47. The number of hydrogen-bond acceptors (Lipinski definition) is 4. The molecule has 5 heteroatoms. The molecular formula is C15H23NO3S. The second-order valence-corrected chi connectivity index (χ2v) is 7.74. The van der Waals surface area contributed by atoms with Gasteiger partial charge in [0.1, 0.15) is 0 Å². The van der Waals surface area contributed by atoms with Gasteiger partial charge >= 0.3 is 0 Å². The summed E-state index contributed by atoms with van der Waals surface area (Å²) >= 11 is 0. The number of unbranched alkanes of at least 4 members (excludes halogenated alkanes) is 1. The van der Waals surface area contributed by atoms with Gasteiger partial charge in [0.05, 0.1) is 16.8 Å². The van der Waals surface area contributed by atoms with Crippen LogP contribution in [0.3, 0.4) is 0 Å². The van der Waals surface area contributed by atoms with E-state index in [2.05, 4.69) is 6.92 Å². The van der Waals surface area contributed by atoms with E-state index in [-0.39, 0.29) is 10.6 Å². The maximum Gasteiger partial charge on any atom is 0.179 e. The van der Waals surface area contributed by atoms with Gasteiger partial charge in [0.2, 0.25) is 0 Å². The Morgan fingerprint density at radius 1 is 1.40 bits per heavy atom.